The van der Waals surface area contributed by atoms with Gasteiger partial charge in [0.2, 0.25) is 0 Å². The first kappa shape index (κ1) is 19.4. The van der Waals surface area contributed by atoms with Crippen LogP contribution in [0.3, 0.4) is 0 Å². The Morgan fingerprint density at radius 2 is 2.08 bits per heavy atom. The lowest BCUT2D eigenvalue weighted by molar-refractivity contribution is -0.148. The molecule has 0 radical (unpaired) electrons. The number of ether oxygens (including phenoxy) is 1. The second kappa shape index (κ2) is 8.99. The van der Waals surface area contributed by atoms with E-state index in [1.165, 1.54) is 25.3 Å². The van der Waals surface area contributed by atoms with Crippen LogP contribution in [-0.2, 0) is 14.3 Å². The van der Waals surface area contributed by atoms with Crippen molar-refractivity contribution in [1.82, 2.24) is 4.98 Å². The molecule has 1 N–H and O–H groups in total. The van der Waals surface area contributed by atoms with Gasteiger partial charge >= 0.3 is 5.97 Å². The van der Waals surface area contributed by atoms with E-state index in [1.807, 2.05) is 24.3 Å². The smallest absolute Gasteiger partial charge is 0.331 e. The minimum Gasteiger partial charge on any atom is -0.449 e. The van der Waals surface area contributed by atoms with E-state index in [1.54, 1.807) is 6.08 Å². The maximum Gasteiger partial charge on any atom is 0.331 e. The third kappa shape index (κ3) is 6.16. The maximum absolute atomic E-state index is 12.1. The summed E-state index contributed by atoms with van der Waals surface area (Å²) in [5, 5.41) is 3.01. The largest absolute Gasteiger partial charge is 0.449 e. The number of halogens is 3. The van der Waals surface area contributed by atoms with E-state index in [2.05, 4.69) is 26.2 Å². The lowest BCUT2D eigenvalue weighted by Crippen LogP contribution is -2.29. The van der Waals surface area contributed by atoms with Crippen LogP contribution in [0.15, 0.2) is 47.1 Å². The van der Waals surface area contributed by atoms with Crippen molar-refractivity contribution >= 4 is 62.9 Å². The molecule has 0 fully saturated rings. The van der Waals surface area contributed by atoms with Crippen molar-refractivity contribution in [2.45, 2.75) is 13.0 Å². The Morgan fingerprint density at radius 3 is 2.76 bits per heavy atom. The highest BCUT2D eigenvalue weighted by atomic mass is 79.9. The molecule has 0 saturated heterocycles. The summed E-state index contributed by atoms with van der Waals surface area (Å²) < 4.78 is 5.95. The van der Waals surface area contributed by atoms with Crippen molar-refractivity contribution < 1.29 is 14.3 Å². The van der Waals surface area contributed by atoms with E-state index in [0.717, 1.165) is 10.0 Å². The van der Waals surface area contributed by atoms with E-state index < -0.39 is 18.0 Å². The van der Waals surface area contributed by atoms with Crippen molar-refractivity contribution in [1.29, 1.82) is 0 Å². The number of nitrogens with zero attached hydrogens (tertiary/aromatic N) is 1. The molecule has 0 spiro atoms. The van der Waals surface area contributed by atoms with E-state index in [0.29, 0.717) is 5.02 Å². The number of esters is 1. The number of benzene rings is 1. The van der Waals surface area contributed by atoms with Crippen LogP contribution >= 0.6 is 39.1 Å². The van der Waals surface area contributed by atoms with Gasteiger partial charge in [0.05, 0.1) is 10.0 Å². The molecule has 2 rings (SSSR count). The normalized spacial score (nSPS) is 12.0. The number of anilines is 1. The van der Waals surface area contributed by atoms with E-state index in [4.69, 9.17) is 27.9 Å². The molecule has 1 amide bonds. The standard InChI is InChI=1S/C17H13BrCl2N2O3/c1-10(17(24)22-16-14(20)8-13(19)9-21-16)25-15(23)6-5-11-3-2-4-12(18)7-11/h2-10H,1H3,(H,21,22,24)/b6-5+. The summed E-state index contributed by atoms with van der Waals surface area (Å²) in [5.74, 6) is -1.05. The van der Waals surface area contributed by atoms with Gasteiger partial charge in [-0.15, -0.1) is 0 Å². The number of carbonyl (C=O) groups excluding carboxylic acids is 2. The quantitative estimate of drug-likeness (QED) is 0.535. The monoisotopic (exact) mass is 442 g/mol. The highest BCUT2D eigenvalue weighted by Crippen LogP contribution is 2.22. The van der Waals surface area contributed by atoms with Crippen LogP contribution in [0, 0.1) is 0 Å². The summed E-state index contributed by atoms with van der Waals surface area (Å²) in [6.07, 6.45) is 3.17. The van der Waals surface area contributed by atoms with Crippen LogP contribution in [0.2, 0.25) is 10.0 Å². The molecule has 0 bridgehead atoms. The number of hydrogen-bond acceptors (Lipinski definition) is 4. The van der Waals surface area contributed by atoms with Gasteiger partial charge in [0.25, 0.3) is 5.91 Å². The van der Waals surface area contributed by atoms with Gasteiger partial charge in [0.1, 0.15) is 0 Å². The first-order valence-corrected chi connectivity index (χ1v) is 8.66. The molecule has 5 nitrogen and oxygen atoms in total. The fourth-order valence-corrected chi connectivity index (χ4v) is 2.61. The van der Waals surface area contributed by atoms with Gasteiger partial charge in [0, 0.05) is 16.7 Å². The van der Waals surface area contributed by atoms with Gasteiger partial charge in [-0.05, 0) is 36.8 Å². The van der Waals surface area contributed by atoms with Gasteiger partial charge in [-0.2, -0.15) is 0 Å². The van der Waals surface area contributed by atoms with Gasteiger partial charge in [-0.25, -0.2) is 9.78 Å². The maximum atomic E-state index is 12.1. The van der Waals surface area contributed by atoms with Crippen LogP contribution in [0.5, 0.6) is 0 Å². The molecule has 0 saturated carbocycles. The Balaban J connectivity index is 1.92. The zero-order valence-electron chi connectivity index (χ0n) is 13.0. The number of carbonyl (C=O) groups is 2. The van der Waals surface area contributed by atoms with Gasteiger partial charge < -0.3 is 10.1 Å². The molecule has 1 atom stereocenters. The Bertz CT molecular complexity index is 827. The number of hydrogen-bond donors (Lipinski definition) is 1. The lowest BCUT2D eigenvalue weighted by Gasteiger charge is -2.12. The molecule has 0 aliphatic rings. The van der Waals surface area contributed by atoms with Gasteiger partial charge in [0.15, 0.2) is 11.9 Å². The molecule has 130 valence electrons. The molecule has 8 heteroatoms. The van der Waals surface area contributed by atoms with Gasteiger partial charge in [-0.3, -0.25) is 4.79 Å². The Kier molecular flexibility index (Phi) is 6.99. The Morgan fingerprint density at radius 1 is 1.32 bits per heavy atom. The Hall–Kier alpha value is -1.89. The molecule has 2 aromatic rings. The third-order valence-electron chi connectivity index (χ3n) is 2.97. The number of pyridine rings is 1. The van der Waals surface area contributed by atoms with Crippen molar-refractivity contribution in [2.75, 3.05) is 5.32 Å². The van der Waals surface area contributed by atoms with E-state index >= 15 is 0 Å². The second-order valence-corrected chi connectivity index (χ2v) is 6.70. The first-order valence-electron chi connectivity index (χ1n) is 7.11. The molecule has 0 aliphatic carbocycles. The molecular formula is C17H13BrCl2N2O3. The summed E-state index contributed by atoms with van der Waals surface area (Å²) >= 11 is 15.0. The minimum atomic E-state index is -1.02. The van der Waals surface area contributed by atoms with E-state index in [-0.39, 0.29) is 10.8 Å². The van der Waals surface area contributed by atoms with Crippen LogP contribution < -0.4 is 5.32 Å². The lowest BCUT2D eigenvalue weighted by atomic mass is 10.2. The molecule has 1 aromatic carbocycles. The van der Waals surface area contributed by atoms with Crippen LogP contribution in [0.4, 0.5) is 5.82 Å². The fraction of sp³-hybridized carbons (Fsp3) is 0.118. The number of nitrogens with one attached hydrogen (secondary N) is 1. The predicted octanol–water partition coefficient (Wildman–Crippen LogP) is 4.73. The molecule has 1 heterocycles. The molecule has 25 heavy (non-hydrogen) atoms. The van der Waals surface area contributed by atoms with Crippen molar-refractivity contribution in [2.24, 2.45) is 0 Å². The highest BCUT2D eigenvalue weighted by Gasteiger charge is 2.18. The summed E-state index contributed by atoms with van der Waals surface area (Å²) in [4.78, 5) is 27.8. The molecule has 1 aromatic heterocycles. The van der Waals surface area contributed by atoms with E-state index in [9.17, 15) is 9.59 Å². The number of rotatable bonds is 5. The van der Waals surface area contributed by atoms with Crippen LogP contribution in [0.1, 0.15) is 12.5 Å². The molecular weight excluding hydrogens is 431 g/mol. The first-order chi connectivity index (χ1) is 11.8. The third-order valence-corrected chi connectivity index (χ3v) is 3.96. The SMILES string of the molecule is CC(OC(=O)/C=C/c1cccc(Br)c1)C(=O)Nc1ncc(Cl)cc1Cl. The molecule has 1 unspecified atom stereocenters. The van der Waals surface area contributed by atoms with Crippen LogP contribution in [0.25, 0.3) is 6.08 Å². The average Bonchev–Trinajstić information content (AvgIpc) is 2.55. The number of aromatic nitrogens is 1. The summed E-state index contributed by atoms with van der Waals surface area (Å²) in [6, 6.07) is 8.84. The van der Waals surface area contributed by atoms with Crippen LogP contribution in [-0.4, -0.2) is 23.0 Å². The topological polar surface area (TPSA) is 68.3 Å². The minimum absolute atomic E-state index is 0.142. The van der Waals surface area contributed by atoms with Crippen molar-refractivity contribution in [3.8, 4) is 0 Å². The van der Waals surface area contributed by atoms with Gasteiger partial charge in [-0.1, -0.05) is 51.3 Å². The average molecular weight is 444 g/mol. The highest BCUT2D eigenvalue weighted by molar-refractivity contribution is 9.10. The second-order valence-electron chi connectivity index (χ2n) is 4.94. The number of amides is 1. The summed E-state index contributed by atoms with van der Waals surface area (Å²) in [7, 11) is 0. The molecule has 0 aliphatic heterocycles. The summed E-state index contributed by atoms with van der Waals surface area (Å²) in [6.45, 7) is 1.45. The predicted molar refractivity (Wildman–Crippen MR) is 102 cm³/mol. The zero-order chi connectivity index (χ0) is 18.4. The van der Waals surface area contributed by atoms with Crippen molar-refractivity contribution in [3.05, 3.63) is 62.7 Å². The summed E-state index contributed by atoms with van der Waals surface area (Å²) in [5.41, 5.74) is 0.820. The Labute approximate surface area is 163 Å². The van der Waals surface area contributed by atoms with Crippen molar-refractivity contribution in [3.63, 3.8) is 0 Å². The fourth-order valence-electron chi connectivity index (χ4n) is 1.77. The zero-order valence-corrected chi connectivity index (χ0v) is 16.1.